The molecule has 0 aliphatic carbocycles. The van der Waals surface area contributed by atoms with Gasteiger partial charge in [0.25, 0.3) is 0 Å². The lowest BCUT2D eigenvalue weighted by atomic mass is 10.1. The van der Waals surface area contributed by atoms with E-state index in [0.29, 0.717) is 5.75 Å². The Bertz CT molecular complexity index is 621. The zero-order valence-electron chi connectivity index (χ0n) is 10.6. The summed E-state index contributed by atoms with van der Waals surface area (Å²) in [4.78, 5) is 13.9. The fraction of sp³-hybridized carbons (Fsp3) is 0.154. The molecule has 2 N–H and O–H groups in total. The molecule has 0 atom stereocenters. The topological polar surface area (TPSA) is 91.3 Å². The predicted octanol–water partition coefficient (Wildman–Crippen LogP) is 2.98. The zero-order chi connectivity index (χ0) is 14.0. The average molecular weight is 259 g/mol. The summed E-state index contributed by atoms with van der Waals surface area (Å²) >= 11 is 0. The minimum atomic E-state index is -0.580. The molecule has 0 aliphatic heterocycles. The first-order valence-corrected chi connectivity index (χ1v) is 5.63. The summed E-state index contributed by atoms with van der Waals surface area (Å²) in [5, 5.41) is 10.6. The van der Waals surface area contributed by atoms with Gasteiger partial charge in [-0.05, 0) is 37.1 Å². The first-order valence-electron chi connectivity index (χ1n) is 5.63. The van der Waals surface area contributed by atoms with Crippen molar-refractivity contribution in [1.29, 1.82) is 0 Å². The van der Waals surface area contributed by atoms with E-state index >= 15 is 0 Å². The van der Waals surface area contributed by atoms with Gasteiger partial charge in [-0.15, -0.1) is 0 Å². The summed E-state index contributed by atoms with van der Waals surface area (Å²) in [6.07, 6.45) is 0. The van der Waals surface area contributed by atoms with Crippen LogP contribution in [-0.4, -0.2) is 9.91 Å². The van der Waals surface area contributed by atoms with Crippen LogP contribution < -0.4 is 10.5 Å². The monoisotopic (exact) mass is 259 g/mol. The number of hydrogen-bond acceptors (Lipinski definition) is 5. The maximum atomic E-state index is 10.6. The Morgan fingerprint density at radius 1 is 1.21 bits per heavy atom. The average Bonchev–Trinajstić information content (AvgIpc) is 2.26. The Labute approximate surface area is 110 Å². The highest BCUT2D eigenvalue weighted by molar-refractivity contribution is 5.53. The molecule has 0 spiro atoms. The van der Waals surface area contributed by atoms with E-state index in [9.17, 15) is 10.1 Å². The number of nitrogen functional groups attached to an aromatic ring is 1. The Balaban J connectivity index is 2.28. The second kappa shape index (κ2) is 4.93. The number of nitrogens with zero attached hydrogens (tertiary/aromatic N) is 2. The molecule has 6 nitrogen and oxygen atoms in total. The molecule has 2 rings (SSSR count). The van der Waals surface area contributed by atoms with Crippen LogP contribution in [0.5, 0.6) is 11.6 Å². The third-order valence-corrected chi connectivity index (χ3v) is 2.49. The fourth-order valence-corrected chi connectivity index (χ4v) is 1.77. The van der Waals surface area contributed by atoms with Crippen molar-refractivity contribution in [3.63, 3.8) is 0 Å². The quantitative estimate of drug-likeness (QED) is 0.675. The zero-order valence-corrected chi connectivity index (χ0v) is 10.6. The number of pyridine rings is 1. The van der Waals surface area contributed by atoms with Crippen LogP contribution in [0.3, 0.4) is 0 Å². The van der Waals surface area contributed by atoms with E-state index in [1.165, 1.54) is 12.1 Å². The summed E-state index contributed by atoms with van der Waals surface area (Å²) in [5.41, 5.74) is 7.39. The van der Waals surface area contributed by atoms with E-state index in [-0.39, 0.29) is 17.4 Å². The van der Waals surface area contributed by atoms with Gasteiger partial charge < -0.3 is 10.5 Å². The lowest BCUT2D eigenvalue weighted by Crippen LogP contribution is -1.99. The molecule has 0 saturated carbocycles. The third-order valence-electron chi connectivity index (χ3n) is 2.49. The molecule has 1 heterocycles. The molecule has 19 heavy (non-hydrogen) atoms. The van der Waals surface area contributed by atoms with Crippen LogP contribution in [0.15, 0.2) is 30.3 Å². The molecule has 0 aliphatic rings. The van der Waals surface area contributed by atoms with Gasteiger partial charge >= 0.3 is 5.69 Å². The van der Waals surface area contributed by atoms with E-state index in [1.807, 2.05) is 32.0 Å². The number of anilines is 1. The number of rotatable bonds is 3. The van der Waals surface area contributed by atoms with Crippen molar-refractivity contribution < 1.29 is 9.66 Å². The van der Waals surface area contributed by atoms with Crippen molar-refractivity contribution in [3.8, 4) is 11.6 Å². The van der Waals surface area contributed by atoms with Crippen molar-refractivity contribution in [2.24, 2.45) is 0 Å². The van der Waals surface area contributed by atoms with Gasteiger partial charge in [0.05, 0.1) is 4.92 Å². The van der Waals surface area contributed by atoms with Gasteiger partial charge in [0.1, 0.15) is 5.75 Å². The number of ether oxygens (including phenoxy) is 1. The second-order valence-corrected chi connectivity index (χ2v) is 4.24. The fourth-order valence-electron chi connectivity index (χ4n) is 1.77. The van der Waals surface area contributed by atoms with Crippen molar-refractivity contribution in [2.45, 2.75) is 13.8 Å². The minimum absolute atomic E-state index is 0.160. The first kappa shape index (κ1) is 12.8. The van der Waals surface area contributed by atoms with Gasteiger partial charge in [0.2, 0.25) is 11.7 Å². The smallest absolute Gasteiger partial charge is 0.311 e. The second-order valence-electron chi connectivity index (χ2n) is 4.24. The van der Waals surface area contributed by atoms with Crippen LogP contribution in [0, 0.1) is 24.0 Å². The Kier molecular flexibility index (Phi) is 3.33. The van der Waals surface area contributed by atoms with Gasteiger partial charge in [-0.25, -0.2) is 0 Å². The third kappa shape index (κ3) is 2.98. The summed E-state index contributed by atoms with van der Waals surface area (Å²) < 4.78 is 5.54. The molecule has 0 saturated heterocycles. The van der Waals surface area contributed by atoms with Crippen LogP contribution in [0.2, 0.25) is 0 Å². The molecule has 0 bridgehead atoms. The maximum Gasteiger partial charge on any atom is 0.311 e. The molecule has 98 valence electrons. The lowest BCUT2D eigenvalue weighted by molar-refractivity contribution is -0.384. The van der Waals surface area contributed by atoms with Crippen LogP contribution in [-0.2, 0) is 0 Å². The van der Waals surface area contributed by atoms with E-state index in [0.717, 1.165) is 11.1 Å². The molecule has 2 aromatic rings. The number of nitro groups is 1. The number of aromatic nitrogens is 1. The van der Waals surface area contributed by atoms with Gasteiger partial charge in [-0.3, -0.25) is 10.1 Å². The molecule has 0 amide bonds. The van der Waals surface area contributed by atoms with Crippen molar-refractivity contribution in [3.05, 3.63) is 51.6 Å². The molecular formula is C13H13N3O3. The SMILES string of the molecule is Cc1cc(C)cc(Oc2ccc([N+](=O)[O-])c(N)n2)c1. The molecular weight excluding hydrogens is 246 g/mol. The predicted molar refractivity (Wildman–Crippen MR) is 71.3 cm³/mol. The molecule has 1 aromatic carbocycles. The summed E-state index contributed by atoms with van der Waals surface area (Å²) in [6, 6.07) is 8.43. The first-order chi connectivity index (χ1) is 8.95. The highest BCUT2D eigenvalue weighted by Gasteiger charge is 2.13. The van der Waals surface area contributed by atoms with Crippen molar-refractivity contribution >= 4 is 11.5 Å². The van der Waals surface area contributed by atoms with E-state index in [2.05, 4.69) is 4.98 Å². The molecule has 6 heteroatoms. The number of hydrogen-bond donors (Lipinski definition) is 1. The van der Waals surface area contributed by atoms with Crippen LogP contribution >= 0.6 is 0 Å². The largest absolute Gasteiger partial charge is 0.439 e. The summed E-state index contributed by atoms with van der Waals surface area (Å²) in [5.74, 6) is 0.693. The number of nitrogens with two attached hydrogens (primary N) is 1. The highest BCUT2D eigenvalue weighted by Crippen LogP contribution is 2.26. The Hall–Kier alpha value is -2.63. The van der Waals surface area contributed by atoms with E-state index in [4.69, 9.17) is 10.5 Å². The van der Waals surface area contributed by atoms with Crippen LogP contribution in [0.4, 0.5) is 11.5 Å². The minimum Gasteiger partial charge on any atom is -0.439 e. The van der Waals surface area contributed by atoms with Crippen LogP contribution in [0.25, 0.3) is 0 Å². The van der Waals surface area contributed by atoms with E-state index in [1.54, 1.807) is 0 Å². The molecule has 0 fully saturated rings. The standard InChI is InChI=1S/C13H13N3O3/c1-8-5-9(2)7-10(6-8)19-12-4-3-11(16(17)18)13(14)15-12/h3-7H,1-2H3,(H2,14,15). The maximum absolute atomic E-state index is 10.6. The summed E-state index contributed by atoms with van der Waals surface area (Å²) in [7, 11) is 0. The van der Waals surface area contributed by atoms with Gasteiger partial charge in [-0.2, -0.15) is 4.98 Å². The molecule has 0 radical (unpaired) electrons. The normalized spacial score (nSPS) is 10.2. The molecule has 1 aromatic heterocycles. The van der Waals surface area contributed by atoms with Crippen molar-refractivity contribution in [2.75, 3.05) is 5.73 Å². The number of benzene rings is 1. The Morgan fingerprint density at radius 2 is 1.84 bits per heavy atom. The van der Waals surface area contributed by atoms with Crippen molar-refractivity contribution in [1.82, 2.24) is 4.98 Å². The van der Waals surface area contributed by atoms with Gasteiger partial charge in [-0.1, -0.05) is 6.07 Å². The number of aryl methyl sites for hydroxylation is 2. The molecule has 0 unspecified atom stereocenters. The highest BCUT2D eigenvalue weighted by atomic mass is 16.6. The van der Waals surface area contributed by atoms with Gasteiger partial charge in [0, 0.05) is 12.1 Å². The van der Waals surface area contributed by atoms with E-state index < -0.39 is 4.92 Å². The lowest BCUT2D eigenvalue weighted by Gasteiger charge is -2.07. The Morgan fingerprint density at radius 3 is 2.37 bits per heavy atom. The summed E-state index contributed by atoms with van der Waals surface area (Å²) in [6.45, 7) is 3.91. The van der Waals surface area contributed by atoms with Gasteiger partial charge in [0.15, 0.2) is 0 Å². The van der Waals surface area contributed by atoms with Crippen LogP contribution in [0.1, 0.15) is 11.1 Å².